The number of nitrogen functional groups attached to an aromatic ring is 1. The zero-order valence-corrected chi connectivity index (χ0v) is 18.9. The van der Waals surface area contributed by atoms with Gasteiger partial charge in [-0.1, -0.05) is 59.9 Å². The van der Waals surface area contributed by atoms with Crippen LogP contribution < -0.4 is 20.8 Å². The second-order valence-electron chi connectivity index (χ2n) is 7.67. The lowest BCUT2D eigenvalue weighted by Crippen LogP contribution is -2.17. The highest BCUT2D eigenvalue weighted by atomic mass is 32.1. The van der Waals surface area contributed by atoms with E-state index in [0.29, 0.717) is 5.13 Å². The minimum Gasteiger partial charge on any atom is -0.497 e. The average Bonchev–Trinajstić information content (AvgIpc) is 3.23. The summed E-state index contributed by atoms with van der Waals surface area (Å²) in [6, 6.07) is 24.6. The molecule has 0 radical (unpaired) electrons. The molecule has 1 amide bonds. The van der Waals surface area contributed by atoms with Gasteiger partial charge in [0.15, 0.2) is 0 Å². The van der Waals surface area contributed by atoms with Gasteiger partial charge < -0.3 is 10.1 Å². The lowest BCUT2D eigenvalue weighted by Gasteiger charge is -2.15. The Morgan fingerprint density at radius 1 is 1.06 bits per heavy atom. The number of rotatable bonds is 7. The van der Waals surface area contributed by atoms with Crippen molar-refractivity contribution in [3.8, 4) is 16.9 Å². The molecule has 0 unspecified atom stereocenters. The summed E-state index contributed by atoms with van der Waals surface area (Å²) < 4.78 is 5.31. The fourth-order valence-corrected chi connectivity index (χ4v) is 4.44. The molecule has 0 aliphatic carbocycles. The maximum Gasteiger partial charge on any atom is 0.329 e. The third-order valence-corrected chi connectivity index (χ3v) is 6.11. The normalized spacial score (nSPS) is 11.7. The summed E-state index contributed by atoms with van der Waals surface area (Å²) >= 11 is 1.52. The van der Waals surface area contributed by atoms with E-state index < -0.39 is 0 Å². The fraction of sp³-hybridized carbons (Fsp3) is 0.154. The van der Waals surface area contributed by atoms with Crippen LogP contribution in [0.3, 0.4) is 0 Å². The molecule has 0 spiro atoms. The number of carbonyl (C=O) groups excluding carboxylic acids is 1. The van der Waals surface area contributed by atoms with Crippen molar-refractivity contribution in [3.05, 3.63) is 95.0 Å². The average molecular weight is 445 g/mol. The van der Waals surface area contributed by atoms with Crippen LogP contribution in [-0.2, 0) is 11.2 Å². The summed E-state index contributed by atoms with van der Waals surface area (Å²) in [6.07, 6.45) is 0.839. The summed E-state index contributed by atoms with van der Waals surface area (Å²) in [4.78, 5) is 14.7. The van der Waals surface area contributed by atoms with Gasteiger partial charge >= 0.3 is 5.13 Å². The number of methoxy groups -OCH3 is 1. The number of amides is 1. The molecule has 6 heteroatoms. The number of H-pyrrole nitrogens is 1. The van der Waals surface area contributed by atoms with Gasteiger partial charge in [0, 0.05) is 18.0 Å². The van der Waals surface area contributed by atoms with Gasteiger partial charge in [-0.05, 0) is 52.9 Å². The van der Waals surface area contributed by atoms with E-state index in [1.165, 1.54) is 29.4 Å². The Bertz CT molecular complexity index is 1200. The highest BCUT2D eigenvalue weighted by Gasteiger charge is 2.20. The maximum atomic E-state index is 11.4. The quantitative estimate of drug-likeness (QED) is 0.414. The summed E-state index contributed by atoms with van der Waals surface area (Å²) in [5, 5.41) is 5.63. The SMILES string of the molecule is COc1ccc([C@H](Cc2ccc(-c3cccc(NC(C)=O)c3)cc2)c2csc(N)[nH+]2)cc1. The second-order valence-corrected chi connectivity index (χ2v) is 8.58. The van der Waals surface area contributed by atoms with Gasteiger partial charge in [-0.3, -0.25) is 10.5 Å². The molecule has 5 nitrogen and oxygen atoms in total. The van der Waals surface area contributed by atoms with E-state index in [1.54, 1.807) is 7.11 Å². The standard InChI is InChI=1S/C26H25N3O2S/c1-17(30)28-22-5-3-4-21(15-22)19-8-6-18(7-9-19)14-24(25-16-32-26(27)29-25)20-10-12-23(31-2)13-11-20/h3-13,15-16,24H,14H2,1-2H3,(H2,27,29)(H,28,30)/p+1/t24-/m0/s1. The number of nitrogens with one attached hydrogen (secondary N) is 2. The van der Waals surface area contributed by atoms with Gasteiger partial charge in [0.05, 0.1) is 13.0 Å². The number of aromatic nitrogens is 1. The van der Waals surface area contributed by atoms with Gasteiger partial charge in [0.1, 0.15) is 11.4 Å². The molecule has 4 aromatic rings. The number of ether oxygens (including phenoxy) is 1. The first-order valence-corrected chi connectivity index (χ1v) is 11.3. The number of benzene rings is 3. The van der Waals surface area contributed by atoms with Crippen molar-refractivity contribution in [2.75, 3.05) is 18.2 Å². The molecule has 162 valence electrons. The van der Waals surface area contributed by atoms with Crippen LogP contribution in [0.1, 0.15) is 29.7 Å². The Hall–Kier alpha value is -3.64. The van der Waals surface area contributed by atoms with Crippen LogP contribution in [0.15, 0.2) is 78.2 Å². The summed E-state index contributed by atoms with van der Waals surface area (Å²) in [5.74, 6) is 0.920. The van der Waals surface area contributed by atoms with Crippen LogP contribution >= 0.6 is 11.3 Å². The first kappa shape index (κ1) is 21.6. The number of hydrogen-bond acceptors (Lipinski definition) is 4. The number of aromatic amines is 1. The van der Waals surface area contributed by atoms with Crippen molar-refractivity contribution >= 4 is 28.1 Å². The summed E-state index contributed by atoms with van der Waals surface area (Å²) in [6.45, 7) is 1.51. The summed E-state index contributed by atoms with van der Waals surface area (Å²) in [5.41, 5.74) is 12.5. The Kier molecular flexibility index (Phi) is 6.52. The molecule has 0 saturated carbocycles. The van der Waals surface area contributed by atoms with E-state index in [1.807, 2.05) is 36.4 Å². The molecular weight excluding hydrogens is 418 g/mol. The van der Waals surface area contributed by atoms with Crippen molar-refractivity contribution < 1.29 is 14.5 Å². The van der Waals surface area contributed by atoms with Gasteiger partial charge in [-0.2, -0.15) is 0 Å². The number of hydrogen-bond donors (Lipinski definition) is 2. The Morgan fingerprint density at radius 3 is 2.44 bits per heavy atom. The molecule has 0 aliphatic heterocycles. The van der Waals surface area contributed by atoms with Gasteiger partial charge in [-0.25, -0.2) is 4.98 Å². The van der Waals surface area contributed by atoms with Crippen molar-refractivity contribution in [3.63, 3.8) is 0 Å². The zero-order chi connectivity index (χ0) is 22.5. The Labute approximate surface area is 191 Å². The van der Waals surface area contributed by atoms with Crippen molar-refractivity contribution in [2.45, 2.75) is 19.3 Å². The molecular formula is C26H26N3O2S+. The van der Waals surface area contributed by atoms with E-state index >= 15 is 0 Å². The topological polar surface area (TPSA) is 78.5 Å². The lowest BCUT2D eigenvalue weighted by atomic mass is 9.89. The van der Waals surface area contributed by atoms with Crippen LogP contribution in [0.4, 0.5) is 10.8 Å². The Balaban J connectivity index is 1.58. The summed E-state index contributed by atoms with van der Waals surface area (Å²) in [7, 11) is 1.67. The van der Waals surface area contributed by atoms with E-state index in [2.05, 4.69) is 52.1 Å². The first-order valence-electron chi connectivity index (χ1n) is 10.4. The van der Waals surface area contributed by atoms with Crippen LogP contribution in [-0.4, -0.2) is 13.0 Å². The number of anilines is 2. The smallest absolute Gasteiger partial charge is 0.329 e. The highest BCUT2D eigenvalue weighted by molar-refractivity contribution is 7.13. The van der Waals surface area contributed by atoms with E-state index in [0.717, 1.165) is 34.7 Å². The molecule has 3 aromatic carbocycles. The van der Waals surface area contributed by atoms with Crippen molar-refractivity contribution in [1.29, 1.82) is 0 Å². The van der Waals surface area contributed by atoms with Crippen LogP contribution in [0.5, 0.6) is 5.75 Å². The van der Waals surface area contributed by atoms with Gasteiger partial charge in [-0.15, -0.1) is 0 Å². The first-order chi connectivity index (χ1) is 15.5. The maximum absolute atomic E-state index is 11.4. The van der Waals surface area contributed by atoms with Gasteiger partial charge in [0.25, 0.3) is 0 Å². The monoisotopic (exact) mass is 444 g/mol. The number of nitrogens with two attached hydrogens (primary N) is 1. The molecule has 0 fully saturated rings. The third-order valence-electron chi connectivity index (χ3n) is 5.38. The van der Waals surface area contributed by atoms with Crippen molar-refractivity contribution in [1.82, 2.24) is 0 Å². The predicted octanol–water partition coefficient (Wildman–Crippen LogP) is 5.15. The predicted molar refractivity (Wildman–Crippen MR) is 130 cm³/mol. The minimum absolute atomic E-state index is 0.0760. The number of carbonyl (C=O) groups is 1. The molecule has 0 saturated heterocycles. The highest BCUT2D eigenvalue weighted by Crippen LogP contribution is 2.30. The molecule has 4 rings (SSSR count). The molecule has 0 aliphatic rings. The zero-order valence-electron chi connectivity index (χ0n) is 18.1. The van der Waals surface area contributed by atoms with Crippen LogP contribution in [0.2, 0.25) is 0 Å². The molecule has 4 N–H and O–H groups in total. The third kappa shape index (κ3) is 5.15. The molecule has 1 heterocycles. The van der Waals surface area contributed by atoms with E-state index in [-0.39, 0.29) is 11.8 Å². The van der Waals surface area contributed by atoms with Crippen LogP contribution in [0.25, 0.3) is 11.1 Å². The largest absolute Gasteiger partial charge is 0.497 e. The molecule has 0 bridgehead atoms. The Morgan fingerprint density at radius 2 is 1.81 bits per heavy atom. The molecule has 1 aromatic heterocycles. The molecule has 32 heavy (non-hydrogen) atoms. The van der Waals surface area contributed by atoms with Crippen molar-refractivity contribution in [2.24, 2.45) is 0 Å². The van der Waals surface area contributed by atoms with Crippen LogP contribution in [0, 0.1) is 0 Å². The van der Waals surface area contributed by atoms with E-state index in [9.17, 15) is 4.79 Å². The minimum atomic E-state index is -0.0760. The number of thiazole rings is 1. The molecule has 1 atom stereocenters. The van der Waals surface area contributed by atoms with E-state index in [4.69, 9.17) is 10.5 Å². The lowest BCUT2D eigenvalue weighted by molar-refractivity contribution is -0.368. The fourth-order valence-electron chi connectivity index (χ4n) is 3.79. The van der Waals surface area contributed by atoms with Gasteiger partial charge in [0.2, 0.25) is 5.91 Å². The second kappa shape index (κ2) is 9.66.